The number of aromatic nitrogens is 1. The fourth-order valence-electron chi connectivity index (χ4n) is 1.76. The minimum atomic E-state index is 0.587. The highest BCUT2D eigenvalue weighted by Gasteiger charge is 2.06. The molecule has 1 heterocycles. The zero-order valence-corrected chi connectivity index (χ0v) is 12.3. The number of nitrogens with zero attached hydrogens (tertiary/aromatic N) is 2. The van der Waals surface area contributed by atoms with Gasteiger partial charge in [0.25, 0.3) is 0 Å². The van der Waals surface area contributed by atoms with E-state index in [1.165, 1.54) is 10.3 Å². The lowest BCUT2D eigenvalue weighted by atomic mass is 10.2. The van der Waals surface area contributed by atoms with E-state index in [4.69, 9.17) is 0 Å². The molecule has 2 aromatic rings. The topological polar surface area (TPSA) is 28.2 Å². The summed E-state index contributed by atoms with van der Waals surface area (Å²) in [5, 5.41) is 4.44. The smallest absolute Gasteiger partial charge is 0.183 e. The van der Waals surface area contributed by atoms with Gasteiger partial charge in [-0.3, -0.25) is 0 Å². The molecule has 0 atom stereocenters. The van der Waals surface area contributed by atoms with Gasteiger partial charge < -0.3 is 10.2 Å². The van der Waals surface area contributed by atoms with Crippen molar-refractivity contribution in [3.8, 4) is 0 Å². The largest absolute Gasteiger partial charge is 0.360 e. The molecule has 0 aliphatic heterocycles. The van der Waals surface area contributed by atoms with Crippen LogP contribution in [-0.2, 0) is 0 Å². The van der Waals surface area contributed by atoms with Gasteiger partial charge in [0.2, 0.25) is 0 Å². The molecule has 18 heavy (non-hydrogen) atoms. The van der Waals surface area contributed by atoms with Crippen molar-refractivity contribution in [1.82, 2.24) is 9.88 Å². The average molecular weight is 263 g/mol. The highest BCUT2D eigenvalue weighted by Crippen LogP contribution is 2.27. The van der Waals surface area contributed by atoms with Crippen LogP contribution in [0.3, 0.4) is 0 Å². The van der Waals surface area contributed by atoms with Crippen molar-refractivity contribution in [1.29, 1.82) is 0 Å². The van der Waals surface area contributed by atoms with Gasteiger partial charge in [-0.25, -0.2) is 4.98 Å². The molecular weight excluding hydrogens is 242 g/mol. The van der Waals surface area contributed by atoms with Crippen LogP contribution in [0.5, 0.6) is 0 Å². The molecule has 1 aromatic heterocycles. The molecule has 0 saturated carbocycles. The molecule has 0 saturated heterocycles. The number of fused-ring (bicyclic) bond motifs is 1. The normalized spacial score (nSPS) is 11.7. The fraction of sp³-hybridized carbons (Fsp3) is 0.500. The van der Waals surface area contributed by atoms with E-state index < -0.39 is 0 Å². The van der Waals surface area contributed by atoms with Crippen molar-refractivity contribution < 1.29 is 0 Å². The first kappa shape index (κ1) is 13.3. The summed E-state index contributed by atoms with van der Waals surface area (Å²) in [6.07, 6.45) is 0. The predicted molar refractivity (Wildman–Crippen MR) is 80.6 cm³/mol. The van der Waals surface area contributed by atoms with Gasteiger partial charge in [-0.15, -0.1) is 0 Å². The highest BCUT2D eigenvalue weighted by atomic mass is 32.1. The number of rotatable bonds is 5. The Kier molecular flexibility index (Phi) is 4.19. The van der Waals surface area contributed by atoms with Crippen LogP contribution in [0.15, 0.2) is 18.2 Å². The number of aryl methyl sites for hydroxylation is 1. The molecule has 2 rings (SSSR count). The molecule has 0 fully saturated rings. The Morgan fingerprint density at radius 1 is 1.39 bits per heavy atom. The van der Waals surface area contributed by atoms with Crippen molar-refractivity contribution in [3.05, 3.63) is 23.8 Å². The number of likely N-dealkylation sites (N-methyl/N-ethyl adjacent to an activating group) is 1. The number of benzene rings is 1. The third-order valence-electron chi connectivity index (χ3n) is 3.24. The summed E-state index contributed by atoms with van der Waals surface area (Å²) < 4.78 is 1.26. The molecule has 98 valence electrons. The molecule has 1 aromatic carbocycles. The summed E-state index contributed by atoms with van der Waals surface area (Å²) in [5.74, 6) is 0. The number of nitrogens with one attached hydrogen (secondary N) is 1. The molecule has 3 nitrogen and oxygen atoms in total. The standard InChI is InChI=1S/C14H21N3S/c1-10(2)17(4)9-8-15-14-16-13-11(3)6-5-7-12(13)18-14/h5-7,10H,8-9H2,1-4H3,(H,15,16). The first-order valence-electron chi connectivity index (χ1n) is 6.38. The molecule has 0 aliphatic carbocycles. The lowest BCUT2D eigenvalue weighted by Crippen LogP contribution is -2.31. The third-order valence-corrected chi connectivity index (χ3v) is 4.22. The molecule has 0 spiro atoms. The Hall–Kier alpha value is -1.13. The summed E-state index contributed by atoms with van der Waals surface area (Å²) in [6, 6.07) is 6.92. The minimum Gasteiger partial charge on any atom is -0.360 e. The van der Waals surface area contributed by atoms with Crippen LogP contribution in [0.4, 0.5) is 5.13 Å². The molecule has 0 bridgehead atoms. The third kappa shape index (κ3) is 3.00. The van der Waals surface area contributed by atoms with Gasteiger partial charge in [-0.2, -0.15) is 0 Å². The van der Waals surface area contributed by atoms with Crippen LogP contribution in [0.2, 0.25) is 0 Å². The molecule has 0 amide bonds. The Labute approximate surface area is 113 Å². The second-order valence-electron chi connectivity index (χ2n) is 4.94. The molecule has 0 radical (unpaired) electrons. The van der Waals surface area contributed by atoms with Gasteiger partial charge in [-0.1, -0.05) is 23.5 Å². The van der Waals surface area contributed by atoms with Gasteiger partial charge in [0.05, 0.1) is 10.2 Å². The molecule has 1 N–H and O–H groups in total. The first-order chi connectivity index (χ1) is 8.58. The Morgan fingerprint density at radius 2 is 2.17 bits per heavy atom. The summed E-state index contributed by atoms with van der Waals surface area (Å²) >= 11 is 1.73. The van der Waals surface area contributed by atoms with Crippen LogP contribution >= 0.6 is 11.3 Å². The zero-order valence-electron chi connectivity index (χ0n) is 11.5. The van der Waals surface area contributed by atoms with E-state index in [1.54, 1.807) is 11.3 Å². The number of hydrogen-bond donors (Lipinski definition) is 1. The number of hydrogen-bond acceptors (Lipinski definition) is 4. The van der Waals surface area contributed by atoms with Crippen molar-refractivity contribution in [2.24, 2.45) is 0 Å². The van der Waals surface area contributed by atoms with E-state index >= 15 is 0 Å². The number of anilines is 1. The zero-order chi connectivity index (χ0) is 13.1. The van der Waals surface area contributed by atoms with Crippen LogP contribution in [0.1, 0.15) is 19.4 Å². The van der Waals surface area contributed by atoms with Gasteiger partial charge in [-0.05, 0) is 39.4 Å². The predicted octanol–water partition coefficient (Wildman–Crippen LogP) is 3.36. The van der Waals surface area contributed by atoms with Gasteiger partial charge >= 0.3 is 0 Å². The van der Waals surface area contributed by atoms with Crippen molar-refractivity contribution in [2.75, 3.05) is 25.5 Å². The summed E-state index contributed by atoms with van der Waals surface area (Å²) in [4.78, 5) is 6.97. The van der Waals surface area contributed by atoms with E-state index in [9.17, 15) is 0 Å². The number of para-hydroxylation sites is 1. The van der Waals surface area contributed by atoms with Gasteiger partial charge in [0.15, 0.2) is 5.13 Å². The van der Waals surface area contributed by atoms with E-state index in [2.05, 4.69) is 61.2 Å². The Balaban J connectivity index is 1.98. The van der Waals surface area contributed by atoms with Crippen molar-refractivity contribution in [2.45, 2.75) is 26.8 Å². The van der Waals surface area contributed by atoms with Crippen molar-refractivity contribution in [3.63, 3.8) is 0 Å². The summed E-state index contributed by atoms with van der Waals surface area (Å²) in [7, 11) is 2.15. The highest BCUT2D eigenvalue weighted by molar-refractivity contribution is 7.22. The molecule has 4 heteroatoms. The SMILES string of the molecule is Cc1cccc2sc(NCCN(C)C(C)C)nc12. The van der Waals surface area contributed by atoms with Crippen molar-refractivity contribution >= 4 is 26.7 Å². The second-order valence-corrected chi connectivity index (χ2v) is 5.97. The summed E-state index contributed by atoms with van der Waals surface area (Å²) in [5.41, 5.74) is 2.37. The van der Waals surface area contributed by atoms with E-state index in [1.807, 2.05) is 0 Å². The van der Waals surface area contributed by atoms with Crippen LogP contribution in [0.25, 0.3) is 10.2 Å². The maximum Gasteiger partial charge on any atom is 0.183 e. The molecular formula is C14H21N3S. The maximum absolute atomic E-state index is 4.64. The Bertz CT molecular complexity index is 519. The molecule has 0 aliphatic rings. The van der Waals surface area contributed by atoms with E-state index in [-0.39, 0.29) is 0 Å². The Morgan fingerprint density at radius 3 is 2.83 bits per heavy atom. The average Bonchev–Trinajstić information content (AvgIpc) is 2.73. The van der Waals surface area contributed by atoms with E-state index in [0.717, 1.165) is 23.7 Å². The lowest BCUT2D eigenvalue weighted by molar-refractivity contribution is 0.284. The minimum absolute atomic E-state index is 0.587. The molecule has 0 unspecified atom stereocenters. The van der Waals surface area contributed by atoms with Gasteiger partial charge in [0.1, 0.15) is 0 Å². The second kappa shape index (κ2) is 5.67. The van der Waals surface area contributed by atoms with Gasteiger partial charge in [0, 0.05) is 19.1 Å². The van der Waals surface area contributed by atoms with Crippen LogP contribution in [-0.4, -0.2) is 36.1 Å². The first-order valence-corrected chi connectivity index (χ1v) is 7.20. The fourth-order valence-corrected chi connectivity index (χ4v) is 2.73. The monoisotopic (exact) mass is 263 g/mol. The summed E-state index contributed by atoms with van der Waals surface area (Å²) in [6.45, 7) is 8.50. The maximum atomic E-state index is 4.64. The van der Waals surface area contributed by atoms with Crippen LogP contribution in [0, 0.1) is 6.92 Å². The van der Waals surface area contributed by atoms with Crippen LogP contribution < -0.4 is 5.32 Å². The number of thiazole rings is 1. The van der Waals surface area contributed by atoms with E-state index in [0.29, 0.717) is 6.04 Å². The lowest BCUT2D eigenvalue weighted by Gasteiger charge is -2.20. The quantitative estimate of drug-likeness (QED) is 0.896.